The normalized spacial score (nSPS) is 26.7. The van der Waals surface area contributed by atoms with E-state index in [4.69, 9.17) is 0 Å². The summed E-state index contributed by atoms with van der Waals surface area (Å²) >= 11 is 0. The van der Waals surface area contributed by atoms with E-state index in [2.05, 4.69) is 19.9 Å². The first kappa shape index (κ1) is 14.1. The highest BCUT2D eigenvalue weighted by molar-refractivity contribution is 5.13. The van der Waals surface area contributed by atoms with Crippen molar-refractivity contribution in [3.8, 4) is 0 Å². The van der Waals surface area contributed by atoms with E-state index in [1.54, 1.807) is 5.57 Å². The fraction of sp³-hybridized carbons (Fsp3) is 0.882. The predicted octanol–water partition coefficient (Wildman–Crippen LogP) is 4.56. The topological polar surface area (TPSA) is 20.2 Å². The number of rotatable bonds is 5. The lowest BCUT2D eigenvalue weighted by Gasteiger charge is -2.36. The van der Waals surface area contributed by atoms with E-state index >= 15 is 0 Å². The Morgan fingerprint density at radius 3 is 2.44 bits per heavy atom. The molecule has 0 radical (unpaired) electrons. The lowest BCUT2D eigenvalue weighted by atomic mass is 9.70. The first-order valence-corrected chi connectivity index (χ1v) is 8.03. The summed E-state index contributed by atoms with van der Waals surface area (Å²) in [6, 6.07) is 0. The molecular weight excluding hydrogens is 220 g/mol. The van der Waals surface area contributed by atoms with E-state index in [0.717, 1.165) is 11.8 Å². The van der Waals surface area contributed by atoms with Crippen LogP contribution in [0.1, 0.15) is 65.2 Å². The minimum atomic E-state index is 0.351. The fourth-order valence-electron chi connectivity index (χ4n) is 4.11. The Morgan fingerprint density at radius 2 is 1.89 bits per heavy atom. The van der Waals surface area contributed by atoms with Gasteiger partial charge in [-0.3, -0.25) is 0 Å². The third kappa shape index (κ3) is 3.17. The number of hydrogen-bond acceptors (Lipinski definition) is 1. The van der Waals surface area contributed by atoms with E-state index in [-0.39, 0.29) is 0 Å². The third-order valence-corrected chi connectivity index (χ3v) is 5.61. The zero-order valence-electron chi connectivity index (χ0n) is 12.2. The average Bonchev–Trinajstić information content (AvgIpc) is 2.93. The lowest BCUT2D eigenvalue weighted by Crippen LogP contribution is -2.29. The molecule has 1 fully saturated rings. The Balaban J connectivity index is 1.96. The van der Waals surface area contributed by atoms with Crippen molar-refractivity contribution in [3.05, 3.63) is 11.6 Å². The van der Waals surface area contributed by atoms with E-state index < -0.39 is 0 Å². The zero-order chi connectivity index (χ0) is 13.0. The van der Waals surface area contributed by atoms with Crippen LogP contribution >= 0.6 is 0 Å². The minimum absolute atomic E-state index is 0.351. The van der Waals surface area contributed by atoms with Gasteiger partial charge in [0.25, 0.3) is 0 Å². The number of allylic oxidation sites excluding steroid dienone is 1. The van der Waals surface area contributed by atoms with Crippen LogP contribution in [0.25, 0.3) is 0 Å². The van der Waals surface area contributed by atoms with Gasteiger partial charge in [0, 0.05) is 12.5 Å². The molecule has 1 saturated carbocycles. The Bertz CT molecular complexity index is 275. The standard InChI is InChI=1S/C17H30O/c1-13(15-8-4-3-5-9-15)14(2)17(12-18)16-10-6-7-11-16/h10,13-15,17-18H,3-9,11-12H2,1-2H3. The van der Waals surface area contributed by atoms with Gasteiger partial charge in [-0.2, -0.15) is 0 Å². The van der Waals surface area contributed by atoms with Gasteiger partial charge in [0.2, 0.25) is 0 Å². The summed E-state index contributed by atoms with van der Waals surface area (Å²) in [6.45, 7) is 5.15. The maximum absolute atomic E-state index is 9.76. The van der Waals surface area contributed by atoms with Gasteiger partial charge in [-0.05, 0) is 37.0 Å². The summed E-state index contributed by atoms with van der Waals surface area (Å²) in [6.07, 6.45) is 13.3. The Kier molecular flexibility index (Phi) is 5.29. The second-order valence-electron chi connectivity index (χ2n) is 6.58. The third-order valence-electron chi connectivity index (χ3n) is 5.61. The summed E-state index contributed by atoms with van der Waals surface area (Å²) in [7, 11) is 0. The van der Waals surface area contributed by atoms with Gasteiger partial charge in [0.05, 0.1) is 0 Å². The van der Waals surface area contributed by atoms with Gasteiger partial charge < -0.3 is 5.11 Å². The van der Waals surface area contributed by atoms with Crippen molar-refractivity contribution in [2.24, 2.45) is 23.7 Å². The van der Waals surface area contributed by atoms with Crippen LogP contribution in [0.5, 0.6) is 0 Å². The van der Waals surface area contributed by atoms with E-state index in [0.29, 0.717) is 18.4 Å². The van der Waals surface area contributed by atoms with Crippen molar-refractivity contribution < 1.29 is 5.11 Å². The summed E-state index contributed by atoms with van der Waals surface area (Å²) in [5.41, 5.74) is 1.55. The molecule has 2 aliphatic rings. The van der Waals surface area contributed by atoms with Gasteiger partial charge in [0.15, 0.2) is 0 Å². The highest BCUT2D eigenvalue weighted by atomic mass is 16.3. The van der Waals surface area contributed by atoms with Gasteiger partial charge in [-0.25, -0.2) is 0 Å². The maximum Gasteiger partial charge on any atom is 0.0499 e. The van der Waals surface area contributed by atoms with Gasteiger partial charge >= 0.3 is 0 Å². The molecule has 2 aliphatic carbocycles. The van der Waals surface area contributed by atoms with Crippen LogP contribution in [0.3, 0.4) is 0 Å². The molecule has 0 aliphatic heterocycles. The quantitative estimate of drug-likeness (QED) is 0.709. The van der Waals surface area contributed by atoms with Crippen LogP contribution in [0.4, 0.5) is 0 Å². The fourth-order valence-corrected chi connectivity index (χ4v) is 4.11. The highest BCUT2D eigenvalue weighted by Crippen LogP contribution is 2.40. The molecular formula is C17H30O. The number of hydrogen-bond donors (Lipinski definition) is 1. The molecule has 0 aromatic heterocycles. The Morgan fingerprint density at radius 1 is 1.17 bits per heavy atom. The number of aliphatic hydroxyl groups is 1. The predicted molar refractivity (Wildman–Crippen MR) is 77.4 cm³/mol. The minimum Gasteiger partial charge on any atom is -0.396 e. The monoisotopic (exact) mass is 250 g/mol. The summed E-state index contributed by atoms with van der Waals surface area (Å²) in [5.74, 6) is 2.75. The first-order valence-electron chi connectivity index (χ1n) is 8.03. The van der Waals surface area contributed by atoms with Crippen molar-refractivity contribution in [1.29, 1.82) is 0 Å². The summed E-state index contributed by atoms with van der Waals surface area (Å²) in [4.78, 5) is 0. The zero-order valence-corrected chi connectivity index (χ0v) is 12.2. The molecule has 0 saturated heterocycles. The summed E-state index contributed by atoms with van der Waals surface area (Å²) in [5, 5.41) is 9.76. The molecule has 1 nitrogen and oxygen atoms in total. The molecule has 0 heterocycles. The number of aliphatic hydroxyl groups excluding tert-OH is 1. The van der Waals surface area contributed by atoms with Gasteiger partial charge in [-0.1, -0.05) is 57.6 Å². The molecule has 1 N–H and O–H groups in total. The Hall–Kier alpha value is -0.300. The molecule has 0 amide bonds. The van der Waals surface area contributed by atoms with Crippen LogP contribution in [0.2, 0.25) is 0 Å². The van der Waals surface area contributed by atoms with Crippen LogP contribution in [-0.4, -0.2) is 11.7 Å². The van der Waals surface area contributed by atoms with Gasteiger partial charge in [0.1, 0.15) is 0 Å². The Labute approximate surface area is 113 Å². The van der Waals surface area contributed by atoms with Crippen molar-refractivity contribution in [1.82, 2.24) is 0 Å². The van der Waals surface area contributed by atoms with Crippen LogP contribution in [0, 0.1) is 23.7 Å². The molecule has 0 bridgehead atoms. The van der Waals surface area contributed by atoms with Gasteiger partial charge in [-0.15, -0.1) is 0 Å². The van der Waals surface area contributed by atoms with E-state index in [9.17, 15) is 5.11 Å². The molecule has 3 unspecified atom stereocenters. The molecule has 2 rings (SSSR count). The second-order valence-corrected chi connectivity index (χ2v) is 6.58. The molecule has 0 aromatic rings. The molecule has 104 valence electrons. The molecule has 0 spiro atoms. The molecule has 0 aromatic carbocycles. The van der Waals surface area contributed by atoms with Crippen molar-refractivity contribution >= 4 is 0 Å². The largest absolute Gasteiger partial charge is 0.396 e. The molecule has 3 atom stereocenters. The first-order chi connectivity index (χ1) is 8.74. The van der Waals surface area contributed by atoms with E-state index in [1.165, 1.54) is 51.4 Å². The van der Waals surface area contributed by atoms with Crippen LogP contribution < -0.4 is 0 Å². The SMILES string of the molecule is CC(C1CCCCC1)C(C)C(CO)C1=CCCC1. The maximum atomic E-state index is 9.76. The van der Waals surface area contributed by atoms with Crippen LogP contribution in [0.15, 0.2) is 11.6 Å². The molecule has 18 heavy (non-hydrogen) atoms. The second kappa shape index (κ2) is 6.75. The summed E-state index contributed by atoms with van der Waals surface area (Å²) < 4.78 is 0. The van der Waals surface area contributed by atoms with Crippen molar-refractivity contribution in [3.63, 3.8) is 0 Å². The van der Waals surface area contributed by atoms with Crippen molar-refractivity contribution in [2.45, 2.75) is 65.2 Å². The van der Waals surface area contributed by atoms with Crippen molar-refractivity contribution in [2.75, 3.05) is 6.61 Å². The average molecular weight is 250 g/mol. The lowest BCUT2D eigenvalue weighted by molar-refractivity contribution is 0.126. The smallest absolute Gasteiger partial charge is 0.0499 e. The molecule has 1 heteroatoms. The van der Waals surface area contributed by atoms with Crippen LogP contribution in [-0.2, 0) is 0 Å². The van der Waals surface area contributed by atoms with E-state index in [1.807, 2.05) is 0 Å². The highest BCUT2D eigenvalue weighted by Gasteiger charge is 2.31.